The zero-order valence-electron chi connectivity index (χ0n) is 10.8. The number of ether oxygens (including phenoxy) is 1. The molecule has 0 aromatic rings. The topological polar surface area (TPSA) is 29.5 Å². The Bertz CT molecular complexity index is 365. The van der Waals surface area contributed by atoms with E-state index in [1.165, 1.54) is 7.11 Å². The number of hydrogen-bond acceptors (Lipinski definition) is 3. The monoisotopic (exact) mass is 269 g/mol. The number of allylic oxidation sites excluding steroid dienone is 3. The van der Waals surface area contributed by atoms with E-state index in [1.54, 1.807) is 4.42 Å². The van der Waals surface area contributed by atoms with Crippen molar-refractivity contribution in [1.29, 1.82) is 0 Å². The molecule has 18 heavy (non-hydrogen) atoms. The molecule has 1 aliphatic carbocycles. The molecule has 0 saturated carbocycles. The summed E-state index contributed by atoms with van der Waals surface area (Å²) in [5, 5.41) is 0. The van der Waals surface area contributed by atoms with Gasteiger partial charge in [0.1, 0.15) is 0 Å². The molecule has 1 unspecified atom stereocenters. The average molecular weight is 270 g/mol. The van der Waals surface area contributed by atoms with Gasteiger partial charge in [-0.05, 0) is 37.5 Å². The average Bonchev–Trinajstić information content (AvgIpc) is 2.42. The number of carbonyl (C=O) groups is 1. The van der Waals surface area contributed by atoms with Gasteiger partial charge in [0.25, 0.3) is 0 Å². The third-order valence-corrected chi connectivity index (χ3v) is 4.19. The molecular formula is C14H20ClNO2. The molecule has 0 aromatic carbocycles. The molecule has 0 spiro atoms. The SMILES string of the molecule is COC(=O)C(C1=CC=CCC1)[C@H]1CCCCN1Cl. The highest BCUT2D eigenvalue weighted by molar-refractivity contribution is 6.13. The predicted octanol–water partition coefficient (Wildman–Crippen LogP) is 3.06. The summed E-state index contributed by atoms with van der Waals surface area (Å²) in [7, 11) is 1.45. The second kappa shape index (κ2) is 6.39. The first-order valence-corrected chi connectivity index (χ1v) is 6.93. The van der Waals surface area contributed by atoms with E-state index in [0.29, 0.717) is 0 Å². The van der Waals surface area contributed by atoms with Crippen molar-refractivity contribution in [3.63, 3.8) is 0 Å². The summed E-state index contributed by atoms with van der Waals surface area (Å²) >= 11 is 6.28. The van der Waals surface area contributed by atoms with Crippen LogP contribution in [0, 0.1) is 5.92 Å². The van der Waals surface area contributed by atoms with Gasteiger partial charge in [-0.15, -0.1) is 0 Å². The minimum Gasteiger partial charge on any atom is -0.469 e. The molecule has 2 rings (SSSR count). The van der Waals surface area contributed by atoms with Gasteiger partial charge < -0.3 is 4.74 Å². The second-order valence-electron chi connectivity index (χ2n) is 4.90. The minimum absolute atomic E-state index is 0.0746. The second-order valence-corrected chi connectivity index (χ2v) is 5.33. The molecule has 0 amide bonds. The van der Waals surface area contributed by atoms with Crippen LogP contribution < -0.4 is 0 Å². The van der Waals surface area contributed by atoms with Crippen LogP contribution in [-0.4, -0.2) is 30.1 Å². The van der Waals surface area contributed by atoms with Gasteiger partial charge >= 0.3 is 5.97 Å². The number of carbonyl (C=O) groups excluding carboxylic acids is 1. The van der Waals surface area contributed by atoms with Gasteiger partial charge in [-0.2, -0.15) is 0 Å². The number of esters is 1. The van der Waals surface area contributed by atoms with Crippen LogP contribution in [0.5, 0.6) is 0 Å². The van der Waals surface area contributed by atoms with E-state index in [1.807, 2.05) is 12.2 Å². The van der Waals surface area contributed by atoms with Gasteiger partial charge in [0.05, 0.1) is 13.0 Å². The number of nitrogens with zero attached hydrogens (tertiary/aromatic N) is 1. The number of methoxy groups -OCH3 is 1. The first-order valence-electron chi connectivity index (χ1n) is 6.60. The highest BCUT2D eigenvalue weighted by Crippen LogP contribution is 2.33. The van der Waals surface area contributed by atoms with E-state index < -0.39 is 0 Å². The largest absolute Gasteiger partial charge is 0.469 e. The van der Waals surface area contributed by atoms with Crippen molar-refractivity contribution in [3.05, 3.63) is 23.8 Å². The zero-order chi connectivity index (χ0) is 13.0. The Balaban J connectivity index is 2.21. The molecule has 1 fully saturated rings. The summed E-state index contributed by atoms with van der Waals surface area (Å²) in [6.07, 6.45) is 11.3. The molecule has 2 atom stereocenters. The molecule has 1 saturated heterocycles. The normalized spacial score (nSPS) is 26.6. The van der Waals surface area contributed by atoms with Crippen LogP contribution in [0.1, 0.15) is 32.1 Å². The molecule has 2 aliphatic rings. The summed E-state index contributed by atoms with van der Waals surface area (Å²) in [6, 6.07) is 0.0746. The van der Waals surface area contributed by atoms with Crippen molar-refractivity contribution in [2.75, 3.05) is 13.7 Å². The zero-order valence-corrected chi connectivity index (χ0v) is 11.5. The molecule has 100 valence electrons. The maximum Gasteiger partial charge on any atom is 0.314 e. The molecular weight excluding hydrogens is 250 g/mol. The summed E-state index contributed by atoms with van der Waals surface area (Å²) in [6.45, 7) is 0.850. The lowest BCUT2D eigenvalue weighted by Gasteiger charge is -2.36. The van der Waals surface area contributed by atoms with Crippen LogP contribution in [0.4, 0.5) is 0 Å². The van der Waals surface area contributed by atoms with Crippen molar-refractivity contribution >= 4 is 17.7 Å². The van der Waals surface area contributed by atoms with E-state index in [4.69, 9.17) is 16.5 Å². The fourth-order valence-corrected chi connectivity index (χ4v) is 3.14. The summed E-state index contributed by atoms with van der Waals surface area (Å²) in [5.41, 5.74) is 1.15. The van der Waals surface area contributed by atoms with Crippen molar-refractivity contribution in [2.24, 2.45) is 5.92 Å². The number of rotatable bonds is 3. The quantitative estimate of drug-likeness (QED) is 0.583. The summed E-state index contributed by atoms with van der Waals surface area (Å²) in [4.78, 5) is 12.1. The van der Waals surface area contributed by atoms with Crippen molar-refractivity contribution in [1.82, 2.24) is 4.42 Å². The van der Waals surface area contributed by atoms with Gasteiger partial charge in [0, 0.05) is 12.6 Å². The fraction of sp³-hybridized carbons (Fsp3) is 0.643. The fourth-order valence-electron chi connectivity index (χ4n) is 2.81. The lowest BCUT2D eigenvalue weighted by Crippen LogP contribution is -2.43. The Morgan fingerprint density at radius 2 is 2.39 bits per heavy atom. The van der Waals surface area contributed by atoms with Crippen molar-refractivity contribution in [2.45, 2.75) is 38.1 Å². The Morgan fingerprint density at radius 3 is 3.00 bits per heavy atom. The van der Waals surface area contributed by atoms with Crippen LogP contribution in [0.3, 0.4) is 0 Å². The maximum absolute atomic E-state index is 12.1. The Kier molecular flexibility index (Phi) is 4.84. The Morgan fingerprint density at radius 1 is 1.56 bits per heavy atom. The summed E-state index contributed by atoms with van der Waals surface area (Å²) < 4.78 is 6.77. The number of halogens is 1. The molecule has 0 aromatic heterocycles. The van der Waals surface area contributed by atoms with Crippen LogP contribution in [-0.2, 0) is 9.53 Å². The van der Waals surface area contributed by atoms with Gasteiger partial charge in [0.2, 0.25) is 0 Å². The predicted molar refractivity (Wildman–Crippen MR) is 72.2 cm³/mol. The molecule has 0 bridgehead atoms. The van der Waals surface area contributed by atoms with Crippen LogP contribution in [0.25, 0.3) is 0 Å². The van der Waals surface area contributed by atoms with Gasteiger partial charge in [0.15, 0.2) is 0 Å². The Labute approximate surface area is 114 Å². The summed E-state index contributed by atoms with van der Waals surface area (Å²) in [5.74, 6) is -0.369. The van der Waals surface area contributed by atoms with Gasteiger partial charge in [-0.1, -0.05) is 30.2 Å². The third kappa shape index (κ3) is 2.96. The third-order valence-electron chi connectivity index (χ3n) is 3.77. The molecule has 3 nitrogen and oxygen atoms in total. The van der Waals surface area contributed by atoms with E-state index in [9.17, 15) is 4.79 Å². The maximum atomic E-state index is 12.1. The molecule has 4 heteroatoms. The highest BCUT2D eigenvalue weighted by Gasteiger charge is 2.36. The van der Waals surface area contributed by atoms with Crippen molar-refractivity contribution < 1.29 is 9.53 Å². The first-order chi connectivity index (χ1) is 8.74. The molecule has 0 radical (unpaired) electrons. The van der Waals surface area contributed by atoms with Gasteiger partial charge in [-0.25, -0.2) is 4.42 Å². The highest BCUT2D eigenvalue weighted by atomic mass is 35.5. The number of piperidine rings is 1. The Hall–Kier alpha value is -0.800. The molecule has 1 heterocycles. The van der Waals surface area contributed by atoms with Crippen molar-refractivity contribution in [3.8, 4) is 0 Å². The van der Waals surface area contributed by atoms with E-state index in [2.05, 4.69) is 6.08 Å². The van der Waals surface area contributed by atoms with Crippen LogP contribution >= 0.6 is 11.8 Å². The van der Waals surface area contributed by atoms with Crippen LogP contribution in [0.15, 0.2) is 23.8 Å². The van der Waals surface area contributed by atoms with E-state index >= 15 is 0 Å². The van der Waals surface area contributed by atoms with E-state index in [0.717, 1.165) is 44.2 Å². The minimum atomic E-state index is -0.210. The first kappa shape index (κ1) is 13.6. The van der Waals surface area contributed by atoms with Gasteiger partial charge in [-0.3, -0.25) is 4.79 Å². The molecule has 1 aliphatic heterocycles. The molecule has 0 N–H and O–H groups in total. The number of hydrogen-bond donors (Lipinski definition) is 0. The lowest BCUT2D eigenvalue weighted by molar-refractivity contribution is -0.146. The van der Waals surface area contributed by atoms with E-state index in [-0.39, 0.29) is 17.9 Å². The standard InChI is InChI=1S/C14H20ClNO2/c1-18-14(17)13(11-7-3-2-4-8-11)12-9-5-6-10-16(12)15/h2-3,7,12-13H,4-6,8-10H2,1H3/t12-,13?/m1/s1. The lowest BCUT2D eigenvalue weighted by atomic mass is 9.83. The smallest absolute Gasteiger partial charge is 0.314 e. The van der Waals surface area contributed by atoms with Crippen LogP contribution in [0.2, 0.25) is 0 Å².